The van der Waals surface area contributed by atoms with Gasteiger partial charge in [0, 0.05) is 12.6 Å². The van der Waals surface area contributed by atoms with Crippen LogP contribution < -0.4 is 5.73 Å². The first-order valence-corrected chi connectivity index (χ1v) is 7.12. The number of amides is 1. The summed E-state index contributed by atoms with van der Waals surface area (Å²) in [5, 5.41) is 19.4. The third kappa shape index (κ3) is 2.58. The van der Waals surface area contributed by atoms with Crippen LogP contribution >= 0.6 is 0 Å². The van der Waals surface area contributed by atoms with Crippen molar-refractivity contribution in [2.24, 2.45) is 11.7 Å². The molecule has 5 heteroatoms. The molecule has 1 aliphatic carbocycles. The van der Waals surface area contributed by atoms with Gasteiger partial charge in [0.25, 0.3) is 5.91 Å². The van der Waals surface area contributed by atoms with Crippen molar-refractivity contribution < 1.29 is 15.0 Å². The SMILES string of the molecule is CCN(C(=O)c1cccc(O)c1O)C1CCCC1CN. The molecule has 1 fully saturated rings. The molecule has 2 atom stereocenters. The van der Waals surface area contributed by atoms with Crippen LogP contribution in [0.15, 0.2) is 18.2 Å². The topological polar surface area (TPSA) is 86.8 Å². The number of aromatic hydroxyl groups is 2. The van der Waals surface area contributed by atoms with Crippen LogP contribution in [-0.2, 0) is 0 Å². The molecular weight excluding hydrogens is 256 g/mol. The number of phenols is 2. The van der Waals surface area contributed by atoms with E-state index in [2.05, 4.69) is 0 Å². The van der Waals surface area contributed by atoms with Crippen LogP contribution in [0.5, 0.6) is 11.5 Å². The van der Waals surface area contributed by atoms with E-state index in [-0.39, 0.29) is 29.0 Å². The van der Waals surface area contributed by atoms with Crippen molar-refractivity contribution in [3.63, 3.8) is 0 Å². The lowest BCUT2D eigenvalue weighted by atomic mass is 10.0. The van der Waals surface area contributed by atoms with Crippen LogP contribution in [0.4, 0.5) is 0 Å². The van der Waals surface area contributed by atoms with Gasteiger partial charge in [-0.2, -0.15) is 0 Å². The van der Waals surface area contributed by atoms with E-state index in [0.717, 1.165) is 19.3 Å². The summed E-state index contributed by atoms with van der Waals surface area (Å²) in [7, 11) is 0. The highest BCUT2D eigenvalue weighted by Crippen LogP contribution is 2.33. The lowest BCUT2D eigenvalue weighted by molar-refractivity contribution is 0.0648. The molecule has 0 heterocycles. The zero-order chi connectivity index (χ0) is 14.7. The number of hydrogen-bond donors (Lipinski definition) is 3. The lowest BCUT2D eigenvalue weighted by Gasteiger charge is -2.32. The first kappa shape index (κ1) is 14.7. The molecule has 1 saturated carbocycles. The van der Waals surface area contributed by atoms with E-state index in [1.807, 2.05) is 6.92 Å². The molecule has 0 saturated heterocycles. The standard InChI is InChI=1S/C15H22N2O3/c1-2-17(12-7-3-5-10(12)9-16)15(20)11-6-4-8-13(18)14(11)19/h4,6,8,10,12,18-19H,2-3,5,7,9,16H2,1H3. The molecule has 1 aliphatic rings. The molecule has 2 rings (SSSR count). The third-order valence-electron chi connectivity index (χ3n) is 4.17. The maximum absolute atomic E-state index is 12.6. The number of carbonyl (C=O) groups is 1. The fourth-order valence-electron chi connectivity index (χ4n) is 3.09. The normalized spacial score (nSPS) is 21.9. The van der Waals surface area contributed by atoms with Crippen molar-refractivity contribution in [3.8, 4) is 11.5 Å². The van der Waals surface area contributed by atoms with Crippen molar-refractivity contribution >= 4 is 5.91 Å². The predicted molar refractivity (Wildman–Crippen MR) is 76.7 cm³/mol. The van der Waals surface area contributed by atoms with E-state index in [0.29, 0.717) is 19.0 Å². The van der Waals surface area contributed by atoms with Crippen LogP contribution in [-0.4, -0.2) is 40.2 Å². The van der Waals surface area contributed by atoms with E-state index in [4.69, 9.17) is 5.73 Å². The van der Waals surface area contributed by atoms with Gasteiger partial charge in [0.05, 0.1) is 5.56 Å². The Morgan fingerprint density at radius 3 is 2.80 bits per heavy atom. The number of nitrogens with two attached hydrogens (primary N) is 1. The summed E-state index contributed by atoms with van der Waals surface area (Å²) >= 11 is 0. The average molecular weight is 278 g/mol. The zero-order valence-electron chi connectivity index (χ0n) is 11.7. The van der Waals surface area contributed by atoms with Gasteiger partial charge >= 0.3 is 0 Å². The summed E-state index contributed by atoms with van der Waals surface area (Å²) in [6.45, 7) is 3.05. The maximum Gasteiger partial charge on any atom is 0.258 e. The Morgan fingerprint density at radius 2 is 2.15 bits per heavy atom. The van der Waals surface area contributed by atoms with Crippen molar-refractivity contribution in [1.29, 1.82) is 0 Å². The quantitative estimate of drug-likeness (QED) is 0.731. The Morgan fingerprint density at radius 1 is 1.40 bits per heavy atom. The molecule has 20 heavy (non-hydrogen) atoms. The molecule has 1 aromatic carbocycles. The first-order chi connectivity index (χ1) is 9.60. The summed E-state index contributed by atoms with van der Waals surface area (Å²) in [4.78, 5) is 14.4. The molecule has 4 N–H and O–H groups in total. The molecule has 0 aliphatic heterocycles. The van der Waals surface area contributed by atoms with Gasteiger partial charge in [-0.15, -0.1) is 0 Å². The van der Waals surface area contributed by atoms with Crippen molar-refractivity contribution in [3.05, 3.63) is 23.8 Å². The van der Waals surface area contributed by atoms with Gasteiger partial charge in [-0.3, -0.25) is 4.79 Å². The summed E-state index contributed by atoms with van der Waals surface area (Å²) in [5.41, 5.74) is 5.93. The molecule has 1 amide bonds. The second-order valence-electron chi connectivity index (χ2n) is 5.26. The highest BCUT2D eigenvalue weighted by molar-refractivity contribution is 5.97. The van der Waals surface area contributed by atoms with E-state index < -0.39 is 0 Å². The fourth-order valence-corrected chi connectivity index (χ4v) is 3.09. The highest BCUT2D eigenvalue weighted by atomic mass is 16.3. The molecule has 1 aromatic rings. The summed E-state index contributed by atoms with van der Waals surface area (Å²) in [5.74, 6) is -0.545. The van der Waals surface area contributed by atoms with Crippen LogP contribution in [0.3, 0.4) is 0 Å². The number of phenolic OH excluding ortho intramolecular Hbond substituents is 2. The molecule has 2 unspecified atom stereocenters. The molecular formula is C15H22N2O3. The molecule has 0 bridgehead atoms. The second-order valence-corrected chi connectivity index (χ2v) is 5.26. The summed E-state index contributed by atoms with van der Waals surface area (Å²) in [6, 6.07) is 4.58. The minimum atomic E-state index is -0.349. The van der Waals surface area contributed by atoms with Crippen LogP contribution in [0.25, 0.3) is 0 Å². The number of hydrogen-bond acceptors (Lipinski definition) is 4. The van der Waals surface area contributed by atoms with E-state index in [1.54, 1.807) is 11.0 Å². The predicted octanol–water partition coefficient (Wildman–Crippen LogP) is 1.69. The lowest BCUT2D eigenvalue weighted by Crippen LogP contribution is -2.44. The van der Waals surface area contributed by atoms with Crippen molar-refractivity contribution in [1.82, 2.24) is 4.90 Å². The minimum Gasteiger partial charge on any atom is -0.504 e. The largest absolute Gasteiger partial charge is 0.504 e. The van der Waals surface area contributed by atoms with E-state index >= 15 is 0 Å². The number of benzene rings is 1. The Bertz CT molecular complexity index is 490. The van der Waals surface area contributed by atoms with Crippen LogP contribution in [0.1, 0.15) is 36.5 Å². The molecule has 110 valence electrons. The zero-order valence-corrected chi connectivity index (χ0v) is 11.7. The summed E-state index contributed by atoms with van der Waals surface area (Å²) in [6.07, 6.45) is 3.06. The van der Waals surface area contributed by atoms with Gasteiger partial charge in [0.15, 0.2) is 11.5 Å². The Balaban J connectivity index is 2.27. The Kier molecular flexibility index (Phi) is 4.49. The number of nitrogens with zero attached hydrogens (tertiary/aromatic N) is 1. The van der Waals surface area contributed by atoms with Crippen molar-refractivity contribution in [2.45, 2.75) is 32.2 Å². The van der Waals surface area contributed by atoms with Gasteiger partial charge in [-0.1, -0.05) is 12.5 Å². The molecule has 5 nitrogen and oxygen atoms in total. The number of para-hydroxylation sites is 1. The van der Waals surface area contributed by atoms with Gasteiger partial charge in [-0.05, 0) is 44.4 Å². The van der Waals surface area contributed by atoms with E-state index in [1.165, 1.54) is 12.1 Å². The first-order valence-electron chi connectivity index (χ1n) is 7.12. The maximum atomic E-state index is 12.6. The minimum absolute atomic E-state index is 0.124. The van der Waals surface area contributed by atoms with Crippen LogP contribution in [0, 0.1) is 5.92 Å². The van der Waals surface area contributed by atoms with Crippen LogP contribution in [0.2, 0.25) is 0 Å². The average Bonchev–Trinajstić information content (AvgIpc) is 2.91. The van der Waals surface area contributed by atoms with Gasteiger partial charge in [0.2, 0.25) is 0 Å². The smallest absolute Gasteiger partial charge is 0.258 e. The Hall–Kier alpha value is -1.75. The number of rotatable bonds is 4. The summed E-state index contributed by atoms with van der Waals surface area (Å²) < 4.78 is 0. The molecule has 0 radical (unpaired) electrons. The van der Waals surface area contributed by atoms with E-state index in [9.17, 15) is 15.0 Å². The van der Waals surface area contributed by atoms with Crippen molar-refractivity contribution in [2.75, 3.05) is 13.1 Å². The highest BCUT2D eigenvalue weighted by Gasteiger charge is 2.34. The monoisotopic (exact) mass is 278 g/mol. The van der Waals surface area contributed by atoms with Gasteiger partial charge in [0.1, 0.15) is 0 Å². The number of carbonyl (C=O) groups excluding carboxylic acids is 1. The molecule has 0 spiro atoms. The third-order valence-corrected chi connectivity index (χ3v) is 4.17. The fraction of sp³-hybridized carbons (Fsp3) is 0.533. The van der Waals surface area contributed by atoms with Gasteiger partial charge in [-0.25, -0.2) is 0 Å². The molecule has 0 aromatic heterocycles. The Labute approximate surface area is 119 Å². The van der Waals surface area contributed by atoms with Gasteiger partial charge < -0.3 is 20.8 Å². The second kappa shape index (κ2) is 6.13.